The molecule has 0 aromatic carbocycles. The van der Waals surface area contributed by atoms with Crippen molar-refractivity contribution >= 4 is 28.1 Å². The molecule has 0 aliphatic heterocycles. The van der Waals surface area contributed by atoms with Gasteiger partial charge in [0.2, 0.25) is 0 Å². The Morgan fingerprint density at radius 2 is 2.31 bits per heavy atom. The molecule has 0 heterocycles. The van der Waals surface area contributed by atoms with Gasteiger partial charge in [0, 0.05) is 13.1 Å². The van der Waals surface area contributed by atoms with E-state index in [1.807, 2.05) is 14.8 Å². The van der Waals surface area contributed by atoms with E-state index in [-0.39, 0.29) is 14.0 Å². The summed E-state index contributed by atoms with van der Waals surface area (Å²) in [6.07, 6.45) is 1.68. The number of thiol groups is 1. The SMILES string of the molecule is B[C@H](OCCOC)/C(C)=C/OPS. The van der Waals surface area contributed by atoms with Crippen LogP contribution in [0.3, 0.4) is 0 Å². The number of ether oxygens (including phenoxy) is 2. The molecule has 3 nitrogen and oxygen atoms in total. The molecule has 1 unspecified atom stereocenters. The average Bonchev–Trinajstić information content (AvgIpc) is 2.14. The molecule has 0 aromatic rings. The Labute approximate surface area is 87.6 Å². The van der Waals surface area contributed by atoms with E-state index in [2.05, 4.69) is 12.2 Å². The first kappa shape index (κ1) is 13.3. The predicted octanol–water partition coefficient (Wildman–Crippen LogP) is 0.967. The molecule has 0 rings (SSSR count). The minimum atomic E-state index is 0.0693. The first-order chi connectivity index (χ1) is 6.22. The van der Waals surface area contributed by atoms with E-state index in [1.165, 1.54) is 0 Å². The van der Waals surface area contributed by atoms with Gasteiger partial charge in [0.05, 0.1) is 19.5 Å². The number of rotatable bonds is 7. The molecule has 0 amide bonds. The van der Waals surface area contributed by atoms with Gasteiger partial charge in [0.1, 0.15) is 15.9 Å². The molecule has 0 spiro atoms. The van der Waals surface area contributed by atoms with Crippen molar-refractivity contribution in [1.29, 1.82) is 0 Å². The van der Waals surface area contributed by atoms with Crippen LogP contribution >= 0.6 is 20.3 Å². The fourth-order valence-corrected chi connectivity index (χ4v) is 1.05. The number of hydrogen-bond acceptors (Lipinski definition) is 4. The third-order valence-electron chi connectivity index (χ3n) is 1.59. The van der Waals surface area contributed by atoms with Crippen LogP contribution in [-0.4, -0.2) is 34.2 Å². The van der Waals surface area contributed by atoms with E-state index in [0.717, 1.165) is 5.57 Å². The van der Waals surface area contributed by atoms with Gasteiger partial charge in [-0.25, -0.2) is 0 Å². The van der Waals surface area contributed by atoms with Crippen LogP contribution < -0.4 is 0 Å². The normalized spacial score (nSPS) is 15.2. The minimum Gasteiger partial charge on any atom is -0.474 e. The lowest BCUT2D eigenvalue weighted by Gasteiger charge is -2.13. The summed E-state index contributed by atoms with van der Waals surface area (Å²) in [5.41, 5.74) is 1.05. The summed E-state index contributed by atoms with van der Waals surface area (Å²) >= 11 is 3.95. The zero-order valence-corrected chi connectivity index (χ0v) is 10.1. The van der Waals surface area contributed by atoms with Gasteiger partial charge < -0.3 is 14.0 Å². The van der Waals surface area contributed by atoms with Crippen molar-refractivity contribution in [2.45, 2.75) is 12.9 Å². The van der Waals surface area contributed by atoms with Gasteiger partial charge in [-0.1, -0.05) is 0 Å². The molecule has 13 heavy (non-hydrogen) atoms. The molecular weight excluding hydrogens is 206 g/mol. The molecule has 76 valence electrons. The van der Waals surface area contributed by atoms with Crippen LogP contribution in [-0.2, 0) is 14.0 Å². The molecule has 0 aliphatic carbocycles. The van der Waals surface area contributed by atoms with E-state index in [1.54, 1.807) is 13.4 Å². The lowest BCUT2D eigenvalue weighted by Crippen LogP contribution is -2.17. The number of hydrogen-bond donors (Lipinski definition) is 1. The van der Waals surface area contributed by atoms with Crippen LogP contribution in [0.1, 0.15) is 6.92 Å². The van der Waals surface area contributed by atoms with Crippen LogP contribution in [0.5, 0.6) is 0 Å². The second-order valence-corrected chi connectivity index (χ2v) is 3.54. The first-order valence-electron chi connectivity index (χ1n) is 4.04. The Balaban J connectivity index is 3.61. The standard InChI is InChI=1S/C7H16BO3PS/c1-6(5-11-12-13)7(8)10-4-3-9-2/h5,7,12-13H,3-4,8H2,1-2H3/b6-5+/t7-/m1/s1. The van der Waals surface area contributed by atoms with E-state index in [4.69, 9.17) is 14.0 Å². The Bertz CT molecular complexity index is 157. The second kappa shape index (κ2) is 8.88. The topological polar surface area (TPSA) is 27.7 Å². The fraction of sp³-hybridized carbons (Fsp3) is 0.714. The lowest BCUT2D eigenvalue weighted by atomic mass is 9.94. The summed E-state index contributed by atoms with van der Waals surface area (Å²) in [5, 5.41) is 0. The van der Waals surface area contributed by atoms with Crippen molar-refractivity contribution in [3.8, 4) is 0 Å². The van der Waals surface area contributed by atoms with Crippen LogP contribution in [0.4, 0.5) is 0 Å². The molecule has 0 radical (unpaired) electrons. The molecule has 0 saturated carbocycles. The average molecular weight is 222 g/mol. The third kappa shape index (κ3) is 7.38. The second-order valence-electron chi connectivity index (χ2n) is 2.58. The van der Waals surface area contributed by atoms with Gasteiger partial charge in [0.15, 0.2) is 0 Å². The van der Waals surface area contributed by atoms with Crippen molar-refractivity contribution in [1.82, 2.24) is 0 Å². The van der Waals surface area contributed by atoms with Crippen molar-refractivity contribution < 1.29 is 14.0 Å². The zero-order valence-electron chi connectivity index (χ0n) is 8.24. The van der Waals surface area contributed by atoms with Crippen molar-refractivity contribution in [2.75, 3.05) is 20.3 Å². The molecule has 0 aromatic heterocycles. The Morgan fingerprint density at radius 1 is 1.62 bits per heavy atom. The lowest BCUT2D eigenvalue weighted by molar-refractivity contribution is 0.0659. The summed E-state index contributed by atoms with van der Waals surface area (Å²) < 4.78 is 15.4. The zero-order chi connectivity index (χ0) is 10.1. The van der Waals surface area contributed by atoms with Gasteiger partial charge in [-0.2, -0.15) is 0 Å². The highest BCUT2D eigenvalue weighted by atomic mass is 32.7. The van der Waals surface area contributed by atoms with Crippen LogP contribution in [0.25, 0.3) is 0 Å². The maximum atomic E-state index is 5.45. The molecule has 0 bridgehead atoms. The van der Waals surface area contributed by atoms with Gasteiger partial charge in [0.25, 0.3) is 0 Å². The van der Waals surface area contributed by atoms with Crippen molar-refractivity contribution in [3.05, 3.63) is 11.8 Å². The Morgan fingerprint density at radius 3 is 2.85 bits per heavy atom. The maximum Gasteiger partial charge on any atom is 0.144 e. The quantitative estimate of drug-likeness (QED) is 0.228. The highest BCUT2D eigenvalue weighted by Crippen LogP contribution is 2.18. The summed E-state index contributed by atoms with van der Waals surface area (Å²) in [4.78, 5) is 0. The summed E-state index contributed by atoms with van der Waals surface area (Å²) in [6, 6.07) is 0.0693. The third-order valence-corrected chi connectivity index (χ3v) is 2.13. The summed E-state index contributed by atoms with van der Waals surface area (Å²) in [6.45, 7) is 3.18. The van der Waals surface area contributed by atoms with Crippen LogP contribution in [0.2, 0.25) is 0 Å². The van der Waals surface area contributed by atoms with E-state index < -0.39 is 0 Å². The molecule has 0 aliphatic rings. The molecule has 0 saturated heterocycles. The Kier molecular flexibility index (Phi) is 9.09. The van der Waals surface area contributed by atoms with Crippen molar-refractivity contribution in [3.63, 3.8) is 0 Å². The molecule has 2 atom stereocenters. The van der Waals surface area contributed by atoms with Gasteiger partial charge >= 0.3 is 0 Å². The monoisotopic (exact) mass is 222 g/mol. The van der Waals surface area contributed by atoms with E-state index in [9.17, 15) is 0 Å². The number of methoxy groups -OCH3 is 1. The van der Waals surface area contributed by atoms with Crippen LogP contribution in [0, 0.1) is 0 Å². The molecule has 6 heteroatoms. The van der Waals surface area contributed by atoms with Crippen molar-refractivity contribution in [2.24, 2.45) is 0 Å². The molecule has 0 N–H and O–H groups in total. The predicted molar refractivity (Wildman–Crippen MR) is 62.3 cm³/mol. The van der Waals surface area contributed by atoms with Gasteiger partial charge in [-0.15, -0.1) is 12.2 Å². The largest absolute Gasteiger partial charge is 0.474 e. The van der Waals surface area contributed by atoms with Gasteiger partial charge in [-0.05, 0) is 12.5 Å². The van der Waals surface area contributed by atoms with E-state index in [0.29, 0.717) is 13.2 Å². The highest BCUT2D eigenvalue weighted by molar-refractivity contribution is 8.36. The van der Waals surface area contributed by atoms with Gasteiger partial charge in [-0.3, -0.25) is 0 Å². The first-order valence-corrected chi connectivity index (χ1v) is 6.24. The van der Waals surface area contributed by atoms with E-state index >= 15 is 0 Å². The minimum absolute atomic E-state index is 0.0693. The Hall–Kier alpha value is 0.305. The summed E-state index contributed by atoms with van der Waals surface area (Å²) in [7, 11) is 3.82. The fourth-order valence-electron chi connectivity index (χ4n) is 0.655. The molecule has 0 fully saturated rings. The maximum absolute atomic E-state index is 5.45. The summed E-state index contributed by atoms with van der Waals surface area (Å²) in [5.74, 6) is 0. The highest BCUT2D eigenvalue weighted by Gasteiger charge is 2.03. The molecular formula is C7H16BO3PS. The van der Waals surface area contributed by atoms with Crippen LogP contribution in [0.15, 0.2) is 11.8 Å². The smallest absolute Gasteiger partial charge is 0.144 e.